The van der Waals surface area contributed by atoms with Crippen molar-refractivity contribution in [2.75, 3.05) is 18.4 Å². The topological polar surface area (TPSA) is 125 Å². The quantitative estimate of drug-likeness (QED) is 0.483. The van der Waals surface area contributed by atoms with Gasteiger partial charge in [-0.15, -0.1) is 0 Å². The van der Waals surface area contributed by atoms with Crippen molar-refractivity contribution in [1.82, 2.24) is 10.6 Å². The summed E-state index contributed by atoms with van der Waals surface area (Å²) in [6.45, 7) is 5.51. The summed E-state index contributed by atoms with van der Waals surface area (Å²) in [5.74, 6) is -1.69. The summed E-state index contributed by atoms with van der Waals surface area (Å²) in [4.78, 5) is 45.6. The van der Waals surface area contributed by atoms with Crippen molar-refractivity contribution in [3.8, 4) is 0 Å². The first-order chi connectivity index (χ1) is 12.6. The van der Waals surface area contributed by atoms with Gasteiger partial charge in [0.15, 0.2) is 0 Å². The molecule has 0 bridgehead atoms. The number of hydrogen-bond donors (Lipinski definition) is 4. The van der Waals surface area contributed by atoms with Gasteiger partial charge in [0.25, 0.3) is 0 Å². The fourth-order valence-corrected chi connectivity index (χ4v) is 2.07. The molecule has 0 radical (unpaired) electrons. The fraction of sp³-hybridized carbons (Fsp3) is 0.474. The van der Waals surface area contributed by atoms with E-state index in [1.165, 1.54) is 0 Å². The molecule has 1 aromatic rings. The number of rotatable bonds is 9. The highest BCUT2D eigenvalue weighted by Gasteiger charge is 2.20. The first kappa shape index (κ1) is 22.1. The normalized spacial score (nSPS) is 10.8. The number of hydrogen-bond acceptors (Lipinski definition) is 4. The summed E-state index contributed by atoms with van der Waals surface area (Å²) in [6, 6.07) is 6.75. The van der Waals surface area contributed by atoms with Gasteiger partial charge < -0.3 is 21.1 Å². The average Bonchev–Trinajstić information content (AvgIpc) is 2.57. The third-order valence-corrected chi connectivity index (χ3v) is 3.59. The van der Waals surface area contributed by atoms with Crippen LogP contribution in [0.1, 0.15) is 39.2 Å². The molecule has 8 nitrogen and oxygen atoms in total. The molecular weight excluding hydrogens is 350 g/mol. The van der Waals surface area contributed by atoms with Crippen LogP contribution in [-0.2, 0) is 25.6 Å². The van der Waals surface area contributed by atoms with Crippen LogP contribution >= 0.6 is 0 Å². The number of amides is 3. The summed E-state index contributed by atoms with van der Waals surface area (Å²) in [5.41, 5.74) is 0.864. The van der Waals surface area contributed by atoms with Gasteiger partial charge in [-0.05, 0) is 24.1 Å². The zero-order valence-corrected chi connectivity index (χ0v) is 15.9. The third-order valence-electron chi connectivity index (χ3n) is 3.59. The molecule has 0 aliphatic heterocycles. The van der Waals surface area contributed by atoms with Crippen molar-refractivity contribution in [1.29, 1.82) is 0 Å². The Morgan fingerprint density at radius 2 is 1.59 bits per heavy atom. The molecule has 8 heteroatoms. The number of nitrogens with one attached hydrogen (secondary N) is 3. The molecule has 0 saturated carbocycles. The van der Waals surface area contributed by atoms with Crippen molar-refractivity contribution in [3.05, 3.63) is 29.8 Å². The van der Waals surface area contributed by atoms with E-state index in [-0.39, 0.29) is 30.6 Å². The molecule has 148 valence electrons. The van der Waals surface area contributed by atoms with E-state index < -0.39 is 17.9 Å². The monoisotopic (exact) mass is 377 g/mol. The highest BCUT2D eigenvalue weighted by atomic mass is 16.4. The van der Waals surface area contributed by atoms with E-state index in [0.29, 0.717) is 24.2 Å². The maximum absolute atomic E-state index is 11.9. The Hall–Kier alpha value is -2.90. The first-order valence-corrected chi connectivity index (χ1v) is 8.73. The molecule has 3 amide bonds. The van der Waals surface area contributed by atoms with Crippen LogP contribution in [-0.4, -0.2) is 41.9 Å². The van der Waals surface area contributed by atoms with Crippen LogP contribution in [0.5, 0.6) is 0 Å². The summed E-state index contributed by atoms with van der Waals surface area (Å²) in [5, 5.41) is 16.3. The maximum Gasteiger partial charge on any atom is 0.322 e. The third kappa shape index (κ3) is 9.39. The molecule has 0 aliphatic carbocycles. The van der Waals surface area contributed by atoms with Gasteiger partial charge in [-0.3, -0.25) is 19.2 Å². The highest BCUT2D eigenvalue weighted by Crippen LogP contribution is 2.13. The number of benzene rings is 1. The summed E-state index contributed by atoms with van der Waals surface area (Å²) in [6.07, 6.45) is 0.883. The van der Waals surface area contributed by atoms with Gasteiger partial charge in [0.05, 0.1) is 6.42 Å². The molecule has 0 heterocycles. The SMILES string of the molecule is CC(C)(C)C(=O)NCCCC(=O)Nc1ccc(CC(=O)NCC(=O)O)cc1. The summed E-state index contributed by atoms with van der Waals surface area (Å²) in [7, 11) is 0. The molecule has 0 spiro atoms. The highest BCUT2D eigenvalue weighted by molar-refractivity contribution is 5.91. The van der Waals surface area contributed by atoms with Gasteiger partial charge in [-0.1, -0.05) is 32.9 Å². The van der Waals surface area contributed by atoms with E-state index in [1.54, 1.807) is 24.3 Å². The van der Waals surface area contributed by atoms with Crippen LogP contribution in [0.15, 0.2) is 24.3 Å². The molecule has 0 aromatic heterocycles. The molecule has 0 atom stereocenters. The molecule has 0 fully saturated rings. The van der Waals surface area contributed by atoms with E-state index in [2.05, 4.69) is 16.0 Å². The number of carboxylic acid groups (broad SMARTS) is 1. The smallest absolute Gasteiger partial charge is 0.322 e. The molecular formula is C19H27N3O5. The van der Waals surface area contributed by atoms with E-state index in [0.717, 1.165) is 0 Å². The van der Waals surface area contributed by atoms with E-state index >= 15 is 0 Å². The second kappa shape index (κ2) is 10.3. The maximum atomic E-state index is 11.9. The molecule has 1 aromatic carbocycles. The lowest BCUT2D eigenvalue weighted by Crippen LogP contribution is -2.35. The van der Waals surface area contributed by atoms with E-state index in [9.17, 15) is 19.2 Å². The Morgan fingerprint density at radius 3 is 2.15 bits per heavy atom. The van der Waals surface area contributed by atoms with Crippen LogP contribution in [0, 0.1) is 5.41 Å². The average molecular weight is 377 g/mol. The second-order valence-electron chi connectivity index (χ2n) is 7.20. The predicted molar refractivity (Wildman–Crippen MR) is 101 cm³/mol. The van der Waals surface area contributed by atoms with Crippen molar-refractivity contribution < 1.29 is 24.3 Å². The van der Waals surface area contributed by atoms with Crippen molar-refractivity contribution in [2.45, 2.75) is 40.0 Å². The van der Waals surface area contributed by atoms with Crippen LogP contribution in [0.3, 0.4) is 0 Å². The minimum absolute atomic E-state index is 0.0501. The molecule has 0 aliphatic rings. The summed E-state index contributed by atoms with van der Waals surface area (Å²) >= 11 is 0. The lowest BCUT2D eigenvalue weighted by Gasteiger charge is -2.17. The van der Waals surface area contributed by atoms with Crippen LogP contribution < -0.4 is 16.0 Å². The van der Waals surface area contributed by atoms with Crippen LogP contribution in [0.25, 0.3) is 0 Å². The van der Waals surface area contributed by atoms with E-state index in [4.69, 9.17) is 5.11 Å². The standard InChI is InChI=1S/C19H27N3O5/c1-19(2,3)18(27)20-10-4-5-15(23)22-14-8-6-13(7-9-14)11-16(24)21-12-17(25)26/h6-9H,4-5,10-12H2,1-3H3,(H,20,27)(H,21,24)(H,22,23)(H,25,26). The van der Waals surface area contributed by atoms with Crippen molar-refractivity contribution in [2.24, 2.45) is 5.41 Å². The van der Waals surface area contributed by atoms with Crippen LogP contribution in [0.2, 0.25) is 0 Å². The molecule has 1 rings (SSSR count). The number of carbonyl (C=O) groups excluding carboxylic acids is 3. The Kier molecular flexibility index (Phi) is 8.44. The minimum Gasteiger partial charge on any atom is -0.480 e. The Labute approximate surface area is 158 Å². The Morgan fingerprint density at radius 1 is 0.963 bits per heavy atom. The largest absolute Gasteiger partial charge is 0.480 e. The number of carboxylic acids is 1. The second-order valence-corrected chi connectivity index (χ2v) is 7.20. The predicted octanol–water partition coefficient (Wildman–Crippen LogP) is 1.31. The van der Waals surface area contributed by atoms with E-state index in [1.807, 2.05) is 20.8 Å². The number of carbonyl (C=O) groups is 4. The molecule has 0 saturated heterocycles. The lowest BCUT2D eigenvalue weighted by atomic mass is 9.96. The Balaban J connectivity index is 2.33. The molecule has 0 unspecified atom stereocenters. The van der Waals surface area contributed by atoms with Crippen molar-refractivity contribution in [3.63, 3.8) is 0 Å². The molecule has 27 heavy (non-hydrogen) atoms. The van der Waals surface area contributed by atoms with Gasteiger partial charge in [0.1, 0.15) is 6.54 Å². The minimum atomic E-state index is -1.10. The molecule has 4 N–H and O–H groups in total. The van der Waals surface area contributed by atoms with Gasteiger partial charge in [-0.25, -0.2) is 0 Å². The first-order valence-electron chi connectivity index (χ1n) is 8.73. The van der Waals surface area contributed by atoms with Crippen molar-refractivity contribution >= 4 is 29.4 Å². The number of aliphatic carboxylic acids is 1. The fourth-order valence-electron chi connectivity index (χ4n) is 2.07. The lowest BCUT2D eigenvalue weighted by molar-refractivity contribution is -0.137. The van der Waals surface area contributed by atoms with Gasteiger partial charge in [-0.2, -0.15) is 0 Å². The number of anilines is 1. The van der Waals surface area contributed by atoms with Gasteiger partial charge in [0.2, 0.25) is 17.7 Å². The summed E-state index contributed by atoms with van der Waals surface area (Å²) < 4.78 is 0. The Bertz CT molecular complexity index is 678. The van der Waals surface area contributed by atoms with Crippen LogP contribution in [0.4, 0.5) is 5.69 Å². The zero-order chi connectivity index (χ0) is 20.4. The van der Waals surface area contributed by atoms with Gasteiger partial charge in [0, 0.05) is 24.1 Å². The zero-order valence-electron chi connectivity index (χ0n) is 15.9. The van der Waals surface area contributed by atoms with Gasteiger partial charge >= 0.3 is 5.97 Å².